The molecule has 1 amide bonds. The van der Waals surface area contributed by atoms with Crippen molar-refractivity contribution in [2.45, 2.75) is 38.8 Å². The highest BCUT2D eigenvalue weighted by molar-refractivity contribution is 7.20. The molecule has 0 bridgehead atoms. The molecule has 124 valence electrons. The lowest BCUT2D eigenvalue weighted by Gasteiger charge is -2.21. The lowest BCUT2D eigenvalue weighted by molar-refractivity contribution is 0.0509. The van der Waals surface area contributed by atoms with Crippen molar-refractivity contribution in [3.8, 4) is 0 Å². The SMILES string of the molecule is CC(C)(C)OC(=O)NC1CCN(c2nn3c(=O)ccnc3s2)C1. The topological polar surface area (TPSA) is 88.8 Å². The van der Waals surface area contributed by atoms with Crippen molar-refractivity contribution < 1.29 is 9.53 Å². The maximum atomic E-state index is 11.8. The fraction of sp³-hybridized carbons (Fsp3) is 0.571. The molecule has 0 aromatic carbocycles. The maximum Gasteiger partial charge on any atom is 0.407 e. The zero-order chi connectivity index (χ0) is 16.6. The highest BCUT2D eigenvalue weighted by atomic mass is 32.1. The van der Waals surface area contributed by atoms with Crippen molar-refractivity contribution in [1.82, 2.24) is 19.9 Å². The van der Waals surface area contributed by atoms with Gasteiger partial charge in [-0.3, -0.25) is 4.79 Å². The van der Waals surface area contributed by atoms with Crippen LogP contribution in [0.1, 0.15) is 27.2 Å². The van der Waals surface area contributed by atoms with Gasteiger partial charge in [0.2, 0.25) is 10.1 Å². The molecular formula is C14H19N5O3S. The van der Waals surface area contributed by atoms with Gasteiger partial charge in [-0.15, -0.1) is 5.10 Å². The van der Waals surface area contributed by atoms with Crippen LogP contribution >= 0.6 is 11.3 Å². The van der Waals surface area contributed by atoms with Crippen LogP contribution in [-0.4, -0.2) is 45.4 Å². The second kappa shape index (κ2) is 5.80. The summed E-state index contributed by atoms with van der Waals surface area (Å²) in [5.41, 5.74) is -0.706. The molecule has 2 aromatic heterocycles. The van der Waals surface area contributed by atoms with Gasteiger partial charge in [0.05, 0.1) is 6.04 Å². The maximum absolute atomic E-state index is 11.8. The molecule has 1 fully saturated rings. The van der Waals surface area contributed by atoms with Gasteiger partial charge in [-0.2, -0.15) is 4.52 Å². The van der Waals surface area contributed by atoms with Gasteiger partial charge in [0.15, 0.2) is 0 Å². The minimum atomic E-state index is -0.512. The Morgan fingerprint density at radius 3 is 2.96 bits per heavy atom. The number of nitrogens with one attached hydrogen (secondary N) is 1. The second-order valence-electron chi connectivity index (χ2n) is 6.44. The van der Waals surface area contributed by atoms with E-state index in [0.717, 1.165) is 18.1 Å². The van der Waals surface area contributed by atoms with Gasteiger partial charge >= 0.3 is 6.09 Å². The molecule has 23 heavy (non-hydrogen) atoms. The third-order valence-electron chi connectivity index (χ3n) is 3.34. The lowest BCUT2D eigenvalue weighted by atomic mass is 10.2. The predicted molar refractivity (Wildman–Crippen MR) is 87.1 cm³/mol. The van der Waals surface area contributed by atoms with Crippen LogP contribution in [0.25, 0.3) is 4.96 Å². The van der Waals surface area contributed by atoms with E-state index < -0.39 is 11.7 Å². The molecular weight excluding hydrogens is 318 g/mol. The summed E-state index contributed by atoms with van der Waals surface area (Å²) in [5, 5.41) is 7.91. The molecule has 1 atom stereocenters. The molecule has 0 aliphatic carbocycles. The highest BCUT2D eigenvalue weighted by Crippen LogP contribution is 2.25. The Bertz CT molecular complexity index is 779. The fourth-order valence-corrected chi connectivity index (χ4v) is 3.30. The fourth-order valence-electron chi connectivity index (χ4n) is 2.39. The van der Waals surface area contributed by atoms with Gasteiger partial charge in [0, 0.05) is 25.4 Å². The number of anilines is 1. The van der Waals surface area contributed by atoms with Crippen molar-refractivity contribution >= 4 is 27.5 Å². The van der Waals surface area contributed by atoms with Gasteiger partial charge in [-0.05, 0) is 27.2 Å². The first-order chi connectivity index (χ1) is 10.8. The average Bonchev–Trinajstić information content (AvgIpc) is 3.03. The summed E-state index contributed by atoms with van der Waals surface area (Å²) in [6.45, 7) is 6.89. The van der Waals surface area contributed by atoms with E-state index in [4.69, 9.17) is 4.74 Å². The molecule has 8 nitrogen and oxygen atoms in total. The van der Waals surface area contributed by atoms with E-state index in [2.05, 4.69) is 15.4 Å². The molecule has 1 aliphatic heterocycles. The van der Waals surface area contributed by atoms with Crippen LogP contribution in [-0.2, 0) is 4.74 Å². The van der Waals surface area contributed by atoms with E-state index in [1.165, 1.54) is 28.1 Å². The molecule has 1 N–H and O–H groups in total. The number of hydrogen-bond donors (Lipinski definition) is 1. The highest BCUT2D eigenvalue weighted by Gasteiger charge is 2.28. The van der Waals surface area contributed by atoms with Crippen LogP contribution < -0.4 is 15.8 Å². The standard InChI is InChI=1S/C14H19N5O3S/c1-14(2,3)22-13(21)16-9-5-7-18(8-9)12-17-19-10(20)4-6-15-11(19)23-12/h4,6,9H,5,7-8H2,1-3H3,(H,16,21). The molecule has 9 heteroatoms. The number of alkyl carbamates (subject to hydrolysis) is 1. The smallest absolute Gasteiger partial charge is 0.407 e. The Morgan fingerprint density at radius 1 is 1.48 bits per heavy atom. The van der Waals surface area contributed by atoms with E-state index in [-0.39, 0.29) is 11.6 Å². The summed E-state index contributed by atoms with van der Waals surface area (Å²) in [6, 6.07) is 1.38. The van der Waals surface area contributed by atoms with E-state index in [9.17, 15) is 9.59 Å². The third-order valence-corrected chi connectivity index (χ3v) is 4.32. The van der Waals surface area contributed by atoms with Crippen LogP contribution in [0.3, 0.4) is 0 Å². The number of carbonyl (C=O) groups excluding carboxylic acids is 1. The Balaban J connectivity index is 1.66. The third kappa shape index (κ3) is 3.61. The molecule has 3 heterocycles. The van der Waals surface area contributed by atoms with E-state index in [1.54, 1.807) is 0 Å². The van der Waals surface area contributed by atoms with Crippen LogP contribution in [0.4, 0.5) is 9.93 Å². The molecule has 0 spiro atoms. The summed E-state index contributed by atoms with van der Waals surface area (Å²) in [5.74, 6) is 0. The number of hydrogen-bond acceptors (Lipinski definition) is 7. The molecule has 1 aliphatic rings. The summed E-state index contributed by atoms with van der Waals surface area (Å²) in [7, 11) is 0. The van der Waals surface area contributed by atoms with E-state index >= 15 is 0 Å². The predicted octanol–water partition coefficient (Wildman–Crippen LogP) is 1.25. The quantitative estimate of drug-likeness (QED) is 0.887. The molecule has 1 saturated heterocycles. The minimum absolute atomic E-state index is 0.00143. The lowest BCUT2D eigenvalue weighted by Crippen LogP contribution is -2.40. The van der Waals surface area contributed by atoms with Crippen LogP contribution in [0, 0.1) is 0 Å². The average molecular weight is 337 g/mol. The molecule has 2 aromatic rings. The number of amides is 1. The molecule has 3 rings (SSSR count). The van der Waals surface area contributed by atoms with Gasteiger partial charge in [-0.25, -0.2) is 9.78 Å². The first-order valence-corrected chi connectivity index (χ1v) is 8.23. The normalized spacial score (nSPS) is 18.4. The van der Waals surface area contributed by atoms with Crippen molar-refractivity contribution in [1.29, 1.82) is 0 Å². The Kier molecular flexibility index (Phi) is 3.97. The van der Waals surface area contributed by atoms with Gasteiger partial charge in [0.1, 0.15) is 5.60 Å². The zero-order valence-electron chi connectivity index (χ0n) is 13.3. The summed E-state index contributed by atoms with van der Waals surface area (Å²) >= 11 is 1.36. The first-order valence-electron chi connectivity index (χ1n) is 7.41. The van der Waals surface area contributed by atoms with Crippen molar-refractivity contribution in [2.75, 3.05) is 18.0 Å². The Hall–Kier alpha value is -2.16. The molecule has 0 radical (unpaired) electrons. The summed E-state index contributed by atoms with van der Waals surface area (Å²) in [4.78, 5) is 30.3. The monoisotopic (exact) mass is 337 g/mol. The van der Waals surface area contributed by atoms with Crippen LogP contribution in [0.5, 0.6) is 0 Å². The number of ether oxygens (including phenoxy) is 1. The van der Waals surface area contributed by atoms with Crippen molar-refractivity contribution in [3.05, 3.63) is 22.6 Å². The van der Waals surface area contributed by atoms with Crippen LogP contribution in [0.2, 0.25) is 0 Å². The van der Waals surface area contributed by atoms with Crippen molar-refractivity contribution in [3.63, 3.8) is 0 Å². The first kappa shape index (κ1) is 15.7. The summed E-state index contributed by atoms with van der Waals surface area (Å²) < 4.78 is 6.57. The minimum Gasteiger partial charge on any atom is -0.444 e. The van der Waals surface area contributed by atoms with Gasteiger partial charge in [-0.1, -0.05) is 11.3 Å². The Labute approximate surface area is 137 Å². The number of rotatable bonds is 2. The summed E-state index contributed by atoms with van der Waals surface area (Å²) in [6.07, 6.45) is 1.88. The van der Waals surface area contributed by atoms with E-state index in [0.29, 0.717) is 11.5 Å². The van der Waals surface area contributed by atoms with Gasteiger partial charge < -0.3 is 15.0 Å². The zero-order valence-corrected chi connectivity index (χ0v) is 14.1. The molecule has 1 unspecified atom stereocenters. The largest absolute Gasteiger partial charge is 0.444 e. The number of carbonyl (C=O) groups is 1. The second-order valence-corrected chi connectivity index (χ2v) is 7.37. The Morgan fingerprint density at radius 2 is 2.26 bits per heavy atom. The molecule has 0 saturated carbocycles. The number of nitrogens with zero attached hydrogens (tertiary/aromatic N) is 4. The van der Waals surface area contributed by atoms with Crippen LogP contribution in [0.15, 0.2) is 17.1 Å². The van der Waals surface area contributed by atoms with Crippen molar-refractivity contribution in [2.24, 2.45) is 0 Å². The number of aromatic nitrogens is 3. The van der Waals surface area contributed by atoms with Gasteiger partial charge in [0.25, 0.3) is 5.56 Å². The number of fused-ring (bicyclic) bond motifs is 1. The van der Waals surface area contributed by atoms with E-state index in [1.807, 2.05) is 25.7 Å².